The lowest BCUT2D eigenvalue weighted by atomic mass is 10.1. The van der Waals surface area contributed by atoms with Gasteiger partial charge in [-0.1, -0.05) is 17.3 Å². The molecule has 3 heterocycles. The third kappa shape index (κ3) is 4.01. The standard InChI is InChI=1S/C19H23N5O3/c1-13-3-2-4-14(11-13)24-18(20)16(12-21-24)19-22-17(27-23-19)7-10-26-15-5-8-25-9-6-15/h2-4,11-12,15H,5-10,20H2,1H3. The predicted molar refractivity (Wildman–Crippen MR) is 99.5 cm³/mol. The van der Waals surface area contributed by atoms with Gasteiger partial charge in [0.2, 0.25) is 11.7 Å². The van der Waals surface area contributed by atoms with Crippen molar-refractivity contribution in [3.63, 3.8) is 0 Å². The molecule has 0 aliphatic carbocycles. The van der Waals surface area contributed by atoms with Gasteiger partial charge in [-0.3, -0.25) is 0 Å². The van der Waals surface area contributed by atoms with Gasteiger partial charge in [0.05, 0.1) is 36.6 Å². The topological polar surface area (TPSA) is 101 Å². The first-order valence-corrected chi connectivity index (χ1v) is 9.13. The van der Waals surface area contributed by atoms with Crippen LogP contribution in [0.1, 0.15) is 24.3 Å². The molecule has 1 fully saturated rings. The fraction of sp³-hybridized carbons (Fsp3) is 0.421. The summed E-state index contributed by atoms with van der Waals surface area (Å²) in [5.41, 5.74) is 8.95. The maximum absolute atomic E-state index is 6.27. The third-order valence-corrected chi connectivity index (χ3v) is 4.60. The number of aryl methyl sites for hydroxylation is 1. The van der Waals surface area contributed by atoms with Crippen LogP contribution in [-0.2, 0) is 15.9 Å². The van der Waals surface area contributed by atoms with E-state index >= 15 is 0 Å². The molecule has 3 aromatic rings. The number of ether oxygens (including phenoxy) is 2. The van der Waals surface area contributed by atoms with Crippen molar-refractivity contribution in [1.29, 1.82) is 0 Å². The zero-order valence-electron chi connectivity index (χ0n) is 15.3. The number of nitrogen functional groups attached to an aromatic ring is 1. The van der Waals surface area contributed by atoms with Crippen LogP contribution in [0.15, 0.2) is 35.0 Å². The lowest BCUT2D eigenvalue weighted by Gasteiger charge is -2.21. The minimum atomic E-state index is 0.254. The minimum absolute atomic E-state index is 0.254. The molecule has 27 heavy (non-hydrogen) atoms. The second-order valence-electron chi connectivity index (χ2n) is 6.64. The van der Waals surface area contributed by atoms with Crippen LogP contribution in [0.5, 0.6) is 0 Å². The van der Waals surface area contributed by atoms with E-state index in [-0.39, 0.29) is 6.10 Å². The fourth-order valence-electron chi connectivity index (χ4n) is 3.12. The Labute approximate surface area is 157 Å². The number of rotatable bonds is 6. The van der Waals surface area contributed by atoms with Gasteiger partial charge in [-0.2, -0.15) is 10.1 Å². The average Bonchev–Trinajstić information content (AvgIpc) is 3.29. The van der Waals surface area contributed by atoms with Crippen molar-refractivity contribution in [2.24, 2.45) is 0 Å². The highest BCUT2D eigenvalue weighted by atomic mass is 16.5. The Morgan fingerprint density at radius 3 is 2.96 bits per heavy atom. The Balaban J connectivity index is 1.42. The quantitative estimate of drug-likeness (QED) is 0.712. The number of benzene rings is 1. The van der Waals surface area contributed by atoms with E-state index in [1.54, 1.807) is 10.9 Å². The summed E-state index contributed by atoms with van der Waals surface area (Å²) in [7, 11) is 0. The van der Waals surface area contributed by atoms with Crippen LogP contribution in [0.4, 0.5) is 5.82 Å². The molecular formula is C19H23N5O3. The number of nitrogens with two attached hydrogens (primary N) is 1. The summed E-state index contributed by atoms with van der Waals surface area (Å²) < 4.78 is 18.2. The lowest BCUT2D eigenvalue weighted by Crippen LogP contribution is -2.24. The van der Waals surface area contributed by atoms with E-state index in [0.29, 0.717) is 36.1 Å². The van der Waals surface area contributed by atoms with Crippen molar-refractivity contribution in [2.75, 3.05) is 25.6 Å². The number of hydrogen-bond donors (Lipinski definition) is 1. The van der Waals surface area contributed by atoms with Crippen LogP contribution < -0.4 is 5.73 Å². The highest BCUT2D eigenvalue weighted by molar-refractivity contribution is 5.69. The van der Waals surface area contributed by atoms with E-state index in [9.17, 15) is 0 Å². The van der Waals surface area contributed by atoms with E-state index in [2.05, 4.69) is 15.2 Å². The molecule has 2 aromatic heterocycles. The zero-order valence-corrected chi connectivity index (χ0v) is 15.3. The Morgan fingerprint density at radius 1 is 1.30 bits per heavy atom. The largest absolute Gasteiger partial charge is 0.383 e. The van der Waals surface area contributed by atoms with E-state index < -0.39 is 0 Å². The van der Waals surface area contributed by atoms with Crippen molar-refractivity contribution in [2.45, 2.75) is 32.3 Å². The van der Waals surface area contributed by atoms with Gasteiger partial charge in [-0.25, -0.2) is 4.68 Å². The summed E-state index contributed by atoms with van der Waals surface area (Å²) >= 11 is 0. The van der Waals surface area contributed by atoms with Crippen LogP contribution in [0.25, 0.3) is 17.1 Å². The van der Waals surface area contributed by atoms with Gasteiger partial charge in [0.1, 0.15) is 5.82 Å². The van der Waals surface area contributed by atoms with Crippen molar-refractivity contribution >= 4 is 5.82 Å². The maximum atomic E-state index is 6.27. The molecule has 8 heteroatoms. The normalized spacial score (nSPS) is 15.3. The van der Waals surface area contributed by atoms with E-state index in [4.69, 9.17) is 19.7 Å². The molecule has 8 nitrogen and oxygen atoms in total. The smallest absolute Gasteiger partial charge is 0.229 e. The molecule has 1 aromatic carbocycles. The highest BCUT2D eigenvalue weighted by Gasteiger charge is 2.18. The monoisotopic (exact) mass is 369 g/mol. The summed E-state index contributed by atoms with van der Waals surface area (Å²) in [5.74, 6) is 1.44. The van der Waals surface area contributed by atoms with Gasteiger partial charge in [-0.05, 0) is 37.5 Å². The second-order valence-corrected chi connectivity index (χ2v) is 6.64. The minimum Gasteiger partial charge on any atom is -0.383 e. The van der Waals surface area contributed by atoms with Crippen LogP contribution in [0.2, 0.25) is 0 Å². The summed E-state index contributed by atoms with van der Waals surface area (Å²) in [4.78, 5) is 4.43. The van der Waals surface area contributed by atoms with E-state index in [1.807, 2.05) is 31.2 Å². The van der Waals surface area contributed by atoms with Crippen molar-refractivity contribution < 1.29 is 14.0 Å². The molecule has 4 rings (SSSR count). The Hall–Kier alpha value is -2.71. The van der Waals surface area contributed by atoms with E-state index in [0.717, 1.165) is 37.3 Å². The average molecular weight is 369 g/mol. The molecule has 0 saturated carbocycles. The number of anilines is 1. The molecule has 0 amide bonds. The van der Waals surface area contributed by atoms with Crippen molar-refractivity contribution in [3.05, 3.63) is 41.9 Å². The van der Waals surface area contributed by atoms with Crippen LogP contribution in [0.3, 0.4) is 0 Å². The Bertz CT molecular complexity index is 898. The molecule has 0 atom stereocenters. The summed E-state index contributed by atoms with van der Waals surface area (Å²) in [6.07, 6.45) is 4.35. The first-order chi connectivity index (χ1) is 13.2. The van der Waals surface area contributed by atoms with Crippen LogP contribution in [0, 0.1) is 6.92 Å². The Morgan fingerprint density at radius 2 is 2.15 bits per heavy atom. The molecule has 1 aliphatic heterocycles. The van der Waals surface area contributed by atoms with Gasteiger partial charge in [0.25, 0.3) is 0 Å². The number of aromatic nitrogens is 4. The van der Waals surface area contributed by atoms with Gasteiger partial charge >= 0.3 is 0 Å². The van der Waals surface area contributed by atoms with Gasteiger partial charge < -0.3 is 19.7 Å². The fourth-order valence-corrected chi connectivity index (χ4v) is 3.12. The summed E-state index contributed by atoms with van der Waals surface area (Å²) in [5, 5.41) is 8.41. The molecule has 0 unspecified atom stereocenters. The Kier molecular flexibility index (Phi) is 5.17. The zero-order chi connectivity index (χ0) is 18.6. The molecule has 1 saturated heterocycles. The van der Waals surface area contributed by atoms with Gasteiger partial charge in [-0.15, -0.1) is 0 Å². The maximum Gasteiger partial charge on any atom is 0.229 e. The molecule has 1 aliphatic rings. The summed E-state index contributed by atoms with van der Waals surface area (Å²) in [6, 6.07) is 7.96. The SMILES string of the molecule is Cc1cccc(-n2ncc(-c3noc(CCOC4CCOCC4)n3)c2N)c1. The van der Waals surface area contributed by atoms with Gasteiger partial charge in [0.15, 0.2) is 0 Å². The first kappa shape index (κ1) is 17.7. The van der Waals surface area contributed by atoms with Crippen molar-refractivity contribution in [3.8, 4) is 17.1 Å². The molecule has 0 radical (unpaired) electrons. The first-order valence-electron chi connectivity index (χ1n) is 9.13. The third-order valence-electron chi connectivity index (χ3n) is 4.60. The molecule has 0 spiro atoms. The number of nitrogens with zero attached hydrogens (tertiary/aromatic N) is 4. The molecule has 2 N–H and O–H groups in total. The van der Waals surface area contributed by atoms with Crippen LogP contribution >= 0.6 is 0 Å². The van der Waals surface area contributed by atoms with Gasteiger partial charge in [0, 0.05) is 13.2 Å². The number of hydrogen-bond acceptors (Lipinski definition) is 7. The lowest BCUT2D eigenvalue weighted by molar-refractivity contribution is -0.0318. The molecule has 0 bridgehead atoms. The van der Waals surface area contributed by atoms with Crippen molar-refractivity contribution in [1.82, 2.24) is 19.9 Å². The van der Waals surface area contributed by atoms with E-state index in [1.165, 1.54) is 0 Å². The molecular weight excluding hydrogens is 346 g/mol. The van der Waals surface area contributed by atoms with Crippen LogP contribution in [-0.4, -0.2) is 45.8 Å². The molecule has 142 valence electrons. The summed E-state index contributed by atoms with van der Waals surface area (Å²) in [6.45, 7) is 4.10. The highest BCUT2D eigenvalue weighted by Crippen LogP contribution is 2.25. The predicted octanol–water partition coefficient (Wildman–Crippen LogP) is 2.55. The second kappa shape index (κ2) is 7.89.